The second-order valence-corrected chi connectivity index (χ2v) is 3.86. The van der Waals surface area contributed by atoms with Crippen LogP contribution < -0.4 is 10.6 Å². The monoisotopic (exact) mass is 286 g/mol. The molecule has 0 heterocycles. The van der Waals surface area contributed by atoms with Gasteiger partial charge in [0.25, 0.3) is 0 Å². The fourth-order valence-corrected chi connectivity index (χ4v) is 1.46. The summed E-state index contributed by atoms with van der Waals surface area (Å²) in [5.41, 5.74) is 1.51. The van der Waals surface area contributed by atoms with E-state index in [1.165, 1.54) is 7.11 Å². The summed E-state index contributed by atoms with van der Waals surface area (Å²) in [6.45, 7) is 0.633. The summed E-state index contributed by atoms with van der Waals surface area (Å²) >= 11 is 0. The fourth-order valence-electron chi connectivity index (χ4n) is 1.46. The molecule has 0 bridgehead atoms. The SMILES string of the molecule is CNCCC(=O)Nc1cccc(CC(=O)OC)c1.Cl. The number of benzene rings is 1. The van der Waals surface area contributed by atoms with Crippen LogP contribution in [0.2, 0.25) is 0 Å². The van der Waals surface area contributed by atoms with Crippen molar-refractivity contribution in [3.8, 4) is 0 Å². The third-order valence-corrected chi connectivity index (χ3v) is 2.39. The minimum Gasteiger partial charge on any atom is -0.469 e. The van der Waals surface area contributed by atoms with Crippen molar-refractivity contribution in [2.75, 3.05) is 26.0 Å². The molecule has 6 heteroatoms. The average molecular weight is 287 g/mol. The van der Waals surface area contributed by atoms with Crippen LogP contribution in [0, 0.1) is 0 Å². The Morgan fingerprint density at radius 2 is 2.05 bits per heavy atom. The lowest BCUT2D eigenvalue weighted by Gasteiger charge is -2.07. The molecule has 5 nitrogen and oxygen atoms in total. The second-order valence-electron chi connectivity index (χ2n) is 3.86. The first-order valence-electron chi connectivity index (χ1n) is 5.76. The molecule has 0 aliphatic rings. The molecule has 0 spiro atoms. The van der Waals surface area contributed by atoms with E-state index in [-0.39, 0.29) is 30.7 Å². The lowest BCUT2D eigenvalue weighted by Crippen LogP contribution is -2.18. The van der Waals surface area contributed by atoms with Crippen LogP contribution in [-0.2, 0) is 20.7 Å². The van der Waals surface area contributed by atoms with Crippen LogP contribution in [0.25, 0.3) is 0 Å². The standard InChI is InChI=1S/C13H18N2O3.ClH/c1-14-7-6-12(16)15-11-5-3-4-10(8-11)9-13(17)18-2;/h3-5,8,14H,6-7,9H2,1-2H3,(H,15,16);1H. The highest BCUT2D eigenvalue weighted by atomic mass is 35.5. The van der Waals surface area contributed by atoms with E-state index in [0.29, 0.717) is 18.7 Å². The fraction of sp³-hybridized carbons (Fsp3) is 0.385. The molecule has 0 saturated carbocycles. The summed E-state index contributed by atoms with van der Waals surface area (Å²) in [6.07, 6.45) is 0.619. The van der Waals surface area contributed by atoms with Crippen molar-refractivity contribution in [3.63, 3.8) is 0 Å². The Labute approximate surface area is 119 Å². The topological polar surface area (TPSA) is 67.4 Å². The average Bonchev–Trinajstić information content (AvgIpc) is 2.36. The van der Waals surface area contributed by atoms with Crippen LogP contribution >= 0.6 is 12.4 Å². The summed E-state index contributed by atoms with van der Waals surface area (Å²) in [7, 11) is 3.15. The Balaban J connectivity index is 0.00000324. The quantitative estimate of drug-likeness (QED) is 0.775. The first-order valence-corrected chi connectivity index (χ1v) is 5.76. The van der Waals surface area contributed by atoms with Crippen LogP contribution in [0.15, 0.2) is 24.3 Å². The summed E-state index contributed by atoms with van der Waals surface area (Å²) in [4.78, 5) is 22.7. The number of hydrogen-bond donors (Lipinski definition) is 2. The number of hydrogen-bond acceptors (Lipinski definition) is 4. The zero-order chi connectivity index (χ0) is 13.4. The van der Waals surface area contributed by atoms with Gasteiger partial charge >= 0.3 is 5.97 Å². The number of nitrogens with one attached hydrogen (secondary N) is 2. The molecule has 0 aliphatic carbocycles. The summed E-state index contributed by atoms with van der Waals surface area (Å²) < 4.78 is 4.59. The van der Waals surface area contributed by atoms with Crippen molar-refractivity contribution in [2.45, 2.75) is 12.8 Å². The van der Waals surface area contributed by atoms with Gasteiger partial charge in [0.05, 0.1) is 13.5 Å². The largest absolute Gasteiger partial charge is 0.469 e. The van der Waals surface area contributed by atoms with Crippen LogP contribution in [-0.4, -0.2) is 32.6 Å². The number of rotatable bonds is 6. The van der Waals surface area contributed by atoms with Crippen LogP contribution in [0.5, 0.6) is 0 Å². The van der Waals surface area contributed by atoms with Gasteiger partial charge in [0.1, 0.15) is 0 Å². The molecule has 0 aliphatic heterocycles. The maximum absolute atomic E-state index is 11.5. The minimum atomic E-state index is -0.298. The van der Waals surface area contributed by atoms with E-state index in [2.05, 4.69) is 15.4 Å². The molecule has 0 saturated heterocycles. The Bertz CT molecular complexity index is 424. The van der Waals surface area contributed by atoms with E-state index < -0.39 is 0 Å². The van der Waals surface area contributed by atoms with Gasteiger partial charge in [0.2, 0.25) is 5.91 Å². The van der Waals surface area contributed by atoms with Crippen molar-refractivity contribution >= 4 is 30.0 Å². The molecule has 1 aromatic rings. The van der Waals surface area contributed by atoms with Crippen molar-refractivity contribution in [1.82, 2.24) is 5.32 Å². The number of anilines is 1. The molecule has 106 valence electrons. The van der Waals surface area contributed by atoms with Gasteiger partial charge < -0.3 is 15.4 Å². The van der Waals surface area contributed by atoms with E-state index in [0.717, 1.165) is 5.56 Å². The van der Waals surface area contributed by atoms with Gasteiger partial charge in [0, 0.05) is 18.7 Å². The van der Waals surface area contributed by atoms with Gasteiger partial charge in [-0.05, 0) is 24.7 Å². The molecule has 1 amide bonds. The third-order valence-electron chi connectivity index (χ3n) is 2.39. The molecule has 0 unspecified atom stereocenters. The number of carbonyl (C=O) groups excluding carboxylic acids is 2. The van der Waals surface area contributed by atoms with E-state index in [1.807, 2.05) is 6.07 Å². The highest BCUT2D eigenvalue weighted by Crippen LogP contribution is 2.11. The van der Waals surface area contributed by atoms with Crippen molar-refractivity contribution in [2.24, 2.45) is 0 Å². The maximum atomic E-state index is 11.5. The summed E-state index contributed by atoms with van der Waals surface area (Å²) in [5, 5.41) is 5.68. The Morgan fingerprint density at radius 3 is 2.68 bits per heavy atom. The van der Waals surface area contributed by atoms with Crippen LogP contribution in [0.1, 0.15) is 12.0 Å². The van der Waals surface area contributed by atoms with Gasteiger partial charge in [0.15, 0.2) is 0 Å². The van der Waals surface area contributed by atoms with E-state index in [4.69, 9.17) is 0 Å². The van der Waals surface area contributed by atoms with Gasteiger partial charge in [-0.2, -0.15) is 0 Å². The summed E-state index contributed by atoms with van der Waals surface area (Å²) in [6, 6.07) is 7.18. The lowest BCUT2D eigenvalue weighted by atomic mass is 10.1. The first kappa shape index (κ1) is 17.4. The predicted molar refractivity (Wildman–Crippen MR) is 76.6 cm³/mol. The van der Waals surface area contributed by atoms with Crippen molar-refractivity contribution < 1.29 is 14.3 Å². The Hall–Kier alpha value is -1.59. The normalized spacial score (nSPS) is 9.37. The molecule has 0 aromatic heterocycles. The molecule has 1 rings (SSSR count). The van der Waals surface area contributed by atoms with Crippen molar-refractivity contribution in [3.05, 3.63) is 29.8 Å². The van der Waals surface area contributed by atoms with Crippen molar-refractivity contribution in [1.29, 1.82) is 0 Å². The highest BCUT2D eigenvalue weighted by molar-refractivity contribution is 5.91. The zero-order valence-corrected chi connectivity index (χ0v) is 11.9. The van der Waals surface area contributed by atoms with E-state index in [9.17, 15) is 9.59 Å². The van der Waals surface area contributed by atoms with Crippen LogP contribution in [0.4, 0.5) is 5.69 Å². The lowest BCUT2D eigenvalue weighted by molar-refractivity contribution is -0.139. The second kappa shape index (κ2) is 9.35. The van der Waals surface area contributed by atoms with E-state index in [1.54, 1.807) is 25.2 Å². The molecular formula is C13H19ClN2O3. The number of methoxy groups -OCH3 is 1. The summed E-state index contributed by atoms with van der Waals surface area (Å²) in [5.74, 6) is -0.353. The molecule has 19 heavy (non-hydrogen) atoms. The third kappa shape index (κ3) is 6.79. The minimum absolute atomic E-state index is 0. The van der Waals surface area contributed by atoms with Gasteiger partial charge in [-0.3, -0.25) is 9.59 Å². The molecule has 0 radical (unpaired) electrons. The number of halogens is 1. The number of carbonyl (C=O) groups is 2. The molecule has 0 fully saturated rings. The van der Waals surface area contributed by atoms with E-state index >= 15 is 0 Å². The molecular weight excluding hydrogens is 268 g/mol. The number of amides is 1. The van der Waals surface area contributed by atoms with Gasteiger partial charge in [-0.1, -0.05) is 12.1 Å². The molecule has 0 atom stereocenters. The van der Waals surface area contributed by atoms with Crippen LogP contribution in [0.3, 0.4) is 0 Å². The highest BCUT2D eigenvalue weighted by Gasteiger charge is 2.05. The number of esters is 1. The Kier molecular flexibility index (Phi) is 8.57. The predicted octanol–water partition coefficient (Wildman–Crippen LogP) is 1.37. The first-order chi connectivity index (χ1) is 8.65. The van der Waals surface area contributed by atoms with Gasteiger partial charge in [-0.25, -0.2) is 0 Å². The zero-order valence-electron chi connectivity index (χ0n) is 11.1. The smallest absolute Gasteiger partial charge is 0.309 e. The molecule has 2 N–H and O–H groups in total. The maximum Gasteiger partial charge on any atom is 0.309 e. The molecule has 1 aromatic carbocycles. The van der Waals surface area contributed by atoms with Gasteiger partial charge in [-0.15, -0.1) is 12.4 Å². The number of ether oxygens (including phenoxy) is 1. The Morgan fingerprint density at radius 1 is 1.32 bits per heavy atom.